The van der Waals surface area contributed by atoms with Crippen LogP contribution in [0.3, 0.4) is 0 Å². The number of aromatic nitrogens is 2. The first-order valence-electron chi connectivity index (χ1n) is 16.5. The molecule has 6 rings (SSSR count). The van der Waals surface area contributed by atoms with Crippen molar-refractivity contribution in [2.24, 2.45) is 5.41 Å². The number of rotatable bonds is 3. The topological polar surface area (TPSA) is 116 Å². The monoisotopic (exact) mass is 714 g/mol. The molecule has 1 amide bonds. The summed E-state index contributed by atoms with van der Waals surface area (Å²) in [4.78, 5) is 33.0. The molecule has 0 bridgehead atoms. The maximum atomic E-state index is 13.3. The first-order valence-corrected chi connectivity index (χ1v) is 16.8. The van der Waals surface area contributed by atoms with Crippen LogP contribution < -0.4 is 5.32 Å². The number of amides is 1. The molecule has 1 saturated carbocycles. The number of aliphatic hydroxyl groups excluding tert-OH is 1. The van der Waals surface area contributed by atoms with E-state index in [2.05, 4.69) is 45.9 Å². The SMILES string of the molecule is CC1(C)CN(C(=O)c2ccc(C#CC3=CC=CC(F)(F)C3)cn2)CCC1O.CNC1(C)CC1.O=C(O)c1ncc(C#Cc2ccccc2)cc1Cl. The van der Waals surface area contributed by atoms with Gasteiger partial charge in [-0.05, 0) is 69.6 Å². The van der Waals surface area contributed by atoms with Gasteiger partial charge >= 0.3 is 5.97 Å². The summed E-state index contributed by atoms with van der Waals surface area (Å²) in [6, 6.07) is 14.2. The van der Waals surface area contributed by atoms with Crippen LogP contribution in [-0.2, 0) is 0 Å². The first-order chi connectivity index (χ1) is 24.1. The number of alkyl halides is 2. The largest absolute Gasteiger partial charge is 0.476 e. The van der Waals surface area contributed by atoms with Crippen LogP contribution in [0.2, 0.25) is 5.02 Å². The maximum absolute atomic E-state index is 13.3. The minimum atomic E-state index is -2.86. The van der Waals surface area contributed by atoms with Crippen LogP contribution in [0, 0.1) is 29.1 Å². The third-order valence-electron chi connectivity index (χ3n) is 8.65. The molecule has 1 saturated heterocycles. The van der Waals surface area contributed by atoms with Gasteiger partial charge in [-0.15, -0.1) is 0 Å². The van der Waals surface area contributed by atoms with Crippen molar-refractivity contribution >= 4 is 23.5 Å². The zero-order chi connectivity index (χ0) is 37.2. The Kier molecular flexibility index (Phi) is 12.9. The number of pyridine rings is 2. The normalized spacial score (nSPS) is 18.8. The summed E-state index contributed by atoms with van der Waals surface area (Å²) in [5.41, 5.74) is 2.69. The number of carbonyl (C=O) groups is 2. The molecule has 51 heavy (non-hydrogen) atoms. The van der Waals surface area contributed by atoms with Crippen molar-refractivity contribution in [3.05, 3.63) is 118 Å². The Morgan fingerprint density at radius 3 is 2.18 bits per heavy atom. The quantitative estimate of drug-likeness (QED) is 0.256. The molecule has 2 aromatic heterocycles. The second kappa shape index (κ2) is 16.9. The van der Waals surface area contributed by atoms with Gasteiger partial charge in [0.2, 0.25) is 0 Å². The molecule has 1 aromatic carbocycles. The molecule has 0 radical (unpaired) electrons. The number of hydrogen-bond donors (Lipinski definition) is 3. The Bertz CT molecular complexity index is 1900. The van der Waals surface area contributed by atoms with Gasteiger partial charge in [0.15, 0.2) is 5.69 Å². The number of nitrogens with one attached hydrogen (secondary N) is 1. The fourth-order valence-corrected chi connectivity index (χ4v) is 5.20. The van der Waals surface area contributed by atoms with Crippen LogP contribution in [0.25, 0.3) is 0 Å². The summed E-state index contributed by atoms with van der Waals surface area (Å²) in [6.07, 6.45) is 9.05. The highest BCUT2D eigenvalue weighted by atomic mass is 35.5. The highest BCUT2D eigenvalue weighted by Crippen LogP contribution is 2.33. The molecule has 3 aromatic rings. The fourth-order valence-electron chi connectivity index (χ4n) is 4.96. The van der Waals surface area contributed by atoms with Crippen LogP contribution in [0.1, 0.15) is 84.1 Å². The number of nitrogens with zero attached hydrogens (tertiary/aromatic N) is 3. The van der Waals surface area contributed by atoms with Crippen molar-refractivity contribution in [3.63, 3.8) is 0 Å². The van der Waals surface area contributed by atoms with E-state index in [9.17, 15) is 23.5 Å². The van der Waals surface area contributed by atoms with Crippen molar-refractivity contribution in [2.45, 2.75) is 64.0 Å². The van der Waals surface area contributed by atoms with Gasteiger partial charge in [0.25, 0.3) is 11.8 Å². The number of halogens is 3. The lowest BCUT2D eigenvalue weighted by molar-refractivity contribution is -0.0184. The fraction of sp³-hybridized carbons (Fsp3) is 0.350. The molecule has 0 spiro atoms. The van der Waals surface area contributed by atoms with Gasteiger partial charge in [0, 0.05) is 65.1 Å². The minimum Gasteiger partial charge on any atom is -0.476 e. The zero-order valence-corrected chi connectivity index (χ0v) is 29.8. The third kappa shape index (κ3) is 11.9. The summed E-state index contributed by atoms with van der Waals surface area (Å²) in [6.45, 7) is 7.06. The highest BCUT2D eigenvalue weighted by Gasteiger charge is 2.37. The van der Waals surface area contributed by atoms with Crippen molar-refractivity contribution in [2.75, 3.05) is 20.1 Å². The highest BCUT2D eigenvalue weighted by molar-refractivity contribution is 6.33. The molecular weight excluding hydrogens is 674 g/mol. The Morgan fingerprint density at radius 1 is 0.961 bits per heavy atom. The van der Waals surface area contributed by atoms with E-state index in [1.807, 2.05) is 51.2 Å². The lowest BCUT2D eigenvalue weighted by Crippen LogP contribution is -2.50. The number of benzene rings is 1. The van der Waals surface area contributed by atoms with E-state index < -0.39 is 24.4 Å². The molecule has 3 aliphatic rings. The summed E-state index contributed by atoms with van der Waals surface area (Å²) < 4.78 is 26.6. The molecule has 11 heteroatoms. The van der Waals surface area contributed by atoms with Crippen LogP contribution in [-0.4, -0.2) is 74.7 Å². The number of carbonyl (C=O) groups excluding carboxylic acids is 1. The third-order valence-corrected chi connectivity index (χ3v) is 8.93. The van der Waals surface area contributed by atoms with E-state index in [1.54, 1.807) is 23.1 Å². The van der Waals surface area contributed by atoms with Crippen LogP contribution in [0.15, 0.2) is 84.7 Å². The number of piperidine rings is 1. The van der Waals surface area contributed by atoms with Gasteiger partial charge in [-0.1, -0.05) is 79.5 Å². The second-order valence-electron chi connectivity index (χ2n) is 13.5. The number of allylic oxidation sites excluding steroid dienone is 4. The molecule has 1 unspecified atom stereocenters. The Morgan fingerprint density at radius 2 is 1.63 bits per heavy atom. The van der Waals surface area contributed by atoms with Crippen LogP contribution >= 0.6 is 11.6 Å². The van der Waals surface area contributed by atoms with Gasteiger partial charge in [-0.2, -0.15) is 0 Å². The molecule has 2 aliphatic carbocycles. The van der Waals surface area contributed by atoms with E-state index in [1.165, 1.54) is 37.4 Å². The van der Waals surface area contributed by atoms with Crippen molar-refractivity contribution < 1.29 is 28.6 Å². The maximum Gasteiger partial charge on any atom is 0.356 e. The van der Waals surface area contributed by atoms with Gasteiger partial charge in [0.1, 0.15) is 5.69 Å². The Hall–Kier alpha value is -4.87. The predicted octanol–water partition coefficient (Wildman–Crippen LogP) is 6.78. The van der Waals surface area contributed by atoms with Crippen molar-refractivity contribution in [3.8, 4) is 23.7 Å². The molecule has 3 N–H and O–H groups in total. The number of aliphatic hydroxyl groups is 1. The standard InChI is InChI=1S/C21H22F2N2O2.C14H8ClNO2.C5H11N/c1-20(2)14-25(11-9-18(20)26)19(27)17-8-7-16(13-24-17)6-5-15-4-3-10-21(22,23)12-15;15-12-8-11(9-16-13(12)14(17)18)7-6-10-4-2-1-3-5-10;1-5(6-2)3-4-5/h3-4,7-8,10,13,18,26H,9,11-12,14H2,1-2H3;1-5,8-9H,(H,17,18);6H,3-4H2,1-2H3. The van der Waals surface area contributed by atoms with E-state index in [-0.39, 0.29) is 22.0 Å². The summed E-state index contributed by atoms with van der Waals surface area (Å²) in [5, 5.41) is 22.1. The number of aromatic carboxylic acids is 1. The van der Waals surface area contributed by atoms with E-state index in [0.29, 0.717) is 47.4 Å². The summed E-state index contributed by atoms with van der Waals surface area (Å²) in [5.74, 6) is 7.17. The number of carboxylic acid groups (broad SMARTS) is 1. The Balaban J connectivity index is 0.000000207. The van der Waals surface area contributed by atoms with E-state index >= 15 is 0 Å². The second-order valence-corrected chi connectivity index (χ2v) is 13.9. The molecule has 8 nitrogen and oxygen atoms in total. The van der Waals surface area contributed by atoms with E-state index in [0.717, 1.165) is 11.6 Å². The summed E-state index contributed by atoms with van der Waals surface area (Å²) in [7, 11) is 2.02. The van der Waals surface area contributed by atoms with Crippen molar-refractivity contribution in [1.29, 1.82) is 0 Å². The minimum absolute atomic E-state index is 0.0855. The number of likely N-dealkylation sites (tertiary alicyclic amines) is 1. The van der Waals surface area contributed by atoms with Crippen molar-refractivity contribution in [1.82, 2.24) is 20.2 Å². The van der Waals surface area contributed by atoms with Crippen LogP contribution in [0.5, 0.6) is 0 Å². The lowest BCUT2D eigenvalue weighted by Gasteiger charge is -2.41. The van der Waals surface area contributed by atoms with Gasteiger partial charge in [-0.3, -0.25) is 4.79 Å². The smallest absolute Gasteiger partial charge is 0.356 e. The predicted molar refractivity (Wildman–Crippen MR) is 194 cm³/mol. The first kappa shape index (κ1) is 38.9. The molecule has 2 fully saturated rings. The molecule has 266 valence electrons. The number of hydrogen-bond acceptors (Lipinski definition) is 6. The zero-order valence-electron chi connectivity index (χ0n) is 29.0. The average Bonchev–Trinajstić information content (AvgIpc) is 3.85. The summed E-state index contributed by atoms with van der Waals surface area (Å²) >= 11 is 5.80. The van der Waals surface area contributed by atoms with Gasteiger partial charge in [-0.25, -0.2) is 23.5 Å². The number of carboxylic acids is 1. The molecule has 1 atom stereocenters. The molecule has 1 aliphatic heterocycles. The molecular formula is C40H41ClF2N4O4. The van der Waals surface area contributed by atoms with Gasteiger partial charge < -0.3 is 20.4 Å². The lowest BCUT2D eigenvalue weighted by atomic mass is 9.81. The average molecular weight is 715 g/mol. The van der Waals surface area contributed by atoms with Gasteiger partial charge in [0.05, 0.1) is 11.1 Å². The Labute approximate surface area is 302 Å². The van der Waals surface area contributed by atoms with Crippen LogP contribution in [0.4, 0.5) is 8.78 Å². The molecule has 3 heterocycles. The van der Waals surface area contributed by atoms with E-state index in [4.69, 9.17) is 16.7 Å².